The van der Waals surface area contributed by atoms with Gasteiger partial charge in [-0.3, -0.25) is 4.57 Å². The van der Waals surface area contributed by atoms with E-state index in [1.54, 1.807) is 0 Å². The van der Waals surface area contributed by atoms with E-state index >= 15 is 0 Å². The molecule has 0 saturated heterocycles. The van der Waals surface area contributed by atoms with E-state index in [9.17, 15) is 17.6 Å². The van der Waals surface area contributed by atoms with Crippen LogP contribution >= 0.6 is 23.2 Å². The topological polar surface area (TPSA) is 17.8 Å². The van der Waals surface area contributed by atoms with Crippen LogP contribution < -0.4 is 0 Å². The van der Waals surface area contributed by atoms with Gasteiger partial charge in [0.1, 0.15) is 23.3 Å². The summed E-state index contributed by atoms with van der Waals surface area (Å²) < 4.78 is 56.4. The van der Waals surface area contributed by atoms with Crippen molar-refractivity contribution in [2.45, 2.75) is 6.92 Å². The Bertz CT molecular complexity index is 930. The van der Waals surface area contributed by atoms with Crippen LogP contribution in [0.3, 0.4) is 0 Å². The lowest BCUT2D eigenvalue weighted by Gasteiger charge is -2.12. The summed E-state index contributed by atoms with van der Waals surface area (Å²) in [6, 6.07) is 4.84. The standard InChI is InChI=1S/C16H8Cl2F4N2/c1-7-15(14-12(21)4-8(19)5-13(14)22)24(16(18)23-7)9-2-3-10(17)11(20)6-9/h2-6H,1H3. The van der Waals surface area contributed by atoms with E-state index in [-0.39, 0.29) is 27.4 Å². The fraction of sp³-hybridized carbons (Fsp3) is 0.0625. The molecule has 0 aliphatic carbocycles. The highest BCUT2D eigenvalue weighted by Crippen LogP contribution is 2.35. The van der Waals surface area contributed by atoms with Crippen molar-refractivity contribution in [3.63, 3.8) is 0 Å². The Hall–Kier alpha value is -2.05. The molecule has 2 nitrogen and oxygen atoms in total. The first-order chi connectivity index (χ1) is 11.3. The van der Waals surface area contributed by atoms with E-state index in [1.165, 1.54) is 19.1 Å². The van der Waals surface area contributed by atoms with Crippen molar-refractivity contribution in [3.05, 3.63) is 69.6 Å². The van der Waals surface area contributed by atoms with Crippen molar-refractivity contribution in [2.75, 3.05) is 0 Å². The van der Waals surface area contributed by atoms with Crippen molar-refractivity contribution in [3.8, 4) is 16.9 Å². The second kappa shape index (κ2) is 6.11. The predicted molar refractivity (Wildman–Crippen MR) is 83.6 cm³/mol. The van der Waals surface area contributed by atoms with Gasteiger partial charge in [-0.15, -0.1) is 0 Å². The van der Waals surface area contributed by atoms with Crippen LogP contribution in [0.25, 0.3) is 16.9 Å². The second-order valence-corrected chi connectivity index (χ2v) is 5.74. The number of imidazole rings is 1. The van der Waals surface area contributed by atoms with Crippen molar-refractivity contribution < 1.29 is 17.6 Å². The highest BCUT2D eigenvalue weighted by Gasteiger charge is 2.23. The van der Waals surface area contributed by atoms with Gasteiger partial charge in [-0.05, 0) is 36.7 Å². The lowest BCUT2D eigenvalue weighted by Crippen LogP contribution is -2.02. The van der Waals surface area contributed by atoms with Gasteiger partial charge in [0.25, 0.3) is 0 Å². The zero-order valence-electron chi connectivity index (χ0n) is 12.0. The molecule has 0 unspecified atom stereocenters. The molecule has 0 amide bonds. The minimum Gasteiger partial charge on any atom is -0.283 e. The number of aryl methyl sites for hydroxylation is 1. The van der Waals surface area contributed by atoms with E-state index < -0.39 is 28.8 Å². The van der Waals surface area contributed by atoms with Gasteiger partial charge in [0.2, 0.25) is 5.28 Å². The molecule has 0 atom stereocenters. The molecule has 1 heterocycles. The number of hydrogen-bond acceptors (Lipinski definition) is 1. The molecule has 2 aromatic carbocycles. The number of nitrogens with zero attached hydrogens (tertiary/aromatic N) is 2. The van der Waals surface area contributed by atoms with Gasteiger partial charge in [-0.1, -0.05) is 11.6 Å². The fourth-order valence-corrected chi connectivity index (χ4v) is 2.84. The summed E-state index contributed by atoms with van der Waals surface area (Å²) in [5, 5.41) is -0.250. The van der Waals surface area contributed by atoms with Crippen LogP contribution in [0.5, 0.6) is 0 Å². The molecule has 0 spiro atoms. The summed E-state index contributed by atoms with van der Waals surface area (Å²) in [5.74, 6) is -4.03. The normalized spacial score (nSPS) is 11.1. The third-order valence-electron chi connectivity index (χ3n) is 3.42. The van der Waals surface area contributed by atoms with Gasteiger partial charge < -0.3 is 0 Å². The fourth-order valence-electron chi connectivity index (χ4n) is 2.42. The molecule has 0 N–H and O–H groups in total. The van der Waals surface area contributed by atoms with Crippen LogP contribution in [0.2, 0.25) is 10.3 Å². The number of halogens is 6. The van der Waals surface area contributed by atoms with Gasteiger partial charge >= 0.3 is 0 Å². The van der Waals surface area contributed by atoms with E-state index in [0.29, 0.717) is 12.1 Å². The highest BCUT2D eigenvalue weighted by molar-refractivity contribution is 6.30. The van der Waals surface area contributed by atoms with Crippen molar-refractivity contribution in [1.82, 2.24) is 9.55 Å². The second-order valence-electron chi connectivity index (χ2n) is 4.99. The highest BCUT2D eigenvalue weighted by atomic mass is 35.5. The summed E-state index contributed by atoms with van der Waals surface area (Å²) in [5.41, 5.74) is -0.194. The minimum atomic E-state index is -1.12. The lowest BCUT2D eigenvalue weighted by atomic mass is 10.1. The molecule has 24 heavy (non-hydrogen) atoms. The average Bonchev–Trinajstić information content (AvgIpc) is 2.76. The van der Waals surface area contributed by atoms with Crippen LogP contribution in [0.15, 0.2) is 30.3 Å². The van der Waals surface area contributed by atoms with Crippen LogP contribution in [0.1, 0.15) is 5.69 Å². The summed E-state index contributed by atoms with van der Waals surface area (Å²) in [6.45, 7) is 1.48. The molecule has 3 aromatic rings. The first-order valence-electron chi connectivity index (χ1n) is 6.64. The molecule has 0 radical (unpaired) electrons. The third kappa shape index (κ3) is 2.76. The van der Waals surface area contributed by atoms with Gasteiger partial charge in [0, 0.05) is 12.1 Å². The minimum absolute atomic E-state index is 0.0447. The molecule has 0 saturated carbocycles. The van der Waals surface area contributed by atoms with E-state index in [2.05, 4.69) is 4.98 Å². The van der Waals surface area contributed by atoms with Crippen molar-refractivity contribution >= 4 is 23.2 Å². The average molecular weight is 375 g/mol. The first kappa shape index (κ1) is 16.8. The van der Waals surface area contributed by atoms with Gasteiger partial charge in [0.15, 0.2) is 0 Å². The van der Waals surface area contributed by atoms with Gasteiger partial charge in [-0.2, -0.15) is 0 Å². The summed E-state index contributed by atoms with van der Waals surface area (Å²) in [6.07, 6.45) is 0. The Morgan fingerprint density at radius 2 is 1.54 bits per heavy atom. The zero-order valence-corrected chi connectivity index (χ0v) is 13.6. The smallest absolute Gasteiger partial charge is 0.208 e. The van der Waals surface area contributed by atoms with E-state index in [1.807, 2.05) is 0 Å². The molecule has 8 heteroatoms. The largest absolute Gasteiger partial charge is 0.283 e. The quantitative estimate of drug-likeness (QED) is 0.525. The molecular weight excluding hydrogens is 367 g/mol. The lowest BCUT2D eigenvalue weighted by molar-refractivity contribution is 0.547. The zero-order chi connectivity index (χ0) is 17.6. The Balaban J connectivity index is 2.33. The van der Waals surface area contributed by atoms with E-state index in [4.69, 9.17) is 23.2 Å². The molecule has 0 fully saturated rings. The van der Waals surface area contributed by atoms with Crippen LogP contribution in [0.4, 0.5) is 17.6 Å². The number of aromatic nitrogens is 2. The van der Waals surface area contributed by atoms with Crippen LogP contribution in [-0.4, -0.2) is 9.55 Å². The van der Waals surface area contributed by atoms with Crippen LogP contribution in [0, 0.1) is 30.2 Å². The maximum Gasteiger partial charge on any atom is 0.208 e. The van der Waals surface area contributed by atoms with Gasteiger partial charge in [0.05, 0.1) is 27.7 Å². The Kier molecular flexibility index (Phi) is 4.27. The SMILES string of the molecule is Cc1nc(Cl)n(-c2ccc(Cl)c(F)c2)c1-c1c(F)cc(F)cc1F. The monoisotopic (exact) mass is 374 g/mol. The molecule has 1 aromatic heterocycles. The number of rotatable bonds is 2. The van der Waals surface area contributed by atoms with Crippen LogP contribution in [-0.2, 0) is 0 Å². The Morgan fingerprint density at radius 1 is 0.917 bits per heavy atom. The molecular formula is C16H8Cl2F4N2. The Labute approximate surface area is 144 Å². The summed E-state index contributed by atoms with van der Waals surface area (Å²) in [4.78, 5) is 3.97. The van der Waals surface area contributed by atoms with Crippen molar-refractivity contribution in [2.24, 2.45) is 0 Å². The maximum atomic E-state index is 14.2. The number of hydrogen-bond donors (Lipinski definition) is 0. The number of benzene rings is 2. The first-order valence-corrected chi connectivity index (χ1v) is 7.40. The molecule has 0 bridgehead atoms. The third-order valence-corrected chi connectivity index (χ3v) is 3.98. The molecule has 124 valence electrons. The summed E-state index contributed by atoms with van der Waals surface area (Å²) >= 11 is 11.7. The molecule has 3 rings (SSSR count). The molecule has 0 aliphatic heterocycles. The Morgan fingerprint density at radius 3 is 2.12 bits per heavy atom. The summed E-state index contributed by atoms with van der Waals surface area (Å²) in [7, 11) is 0. The van der Waals surface area contributed by atoms with E-state index in [0.717, 1.165) is 10.6 Å². The molecule has 0 aliphatic rings. The van der Waals surface area contributed by atoms with Crippen molar-refractivity contribution in [1.29, 1.82) is 0 Å². The maximum absolute atomic E-state index is 14.2. The van der Waals surface area contributed by atoms with Gasteiger partial charge in [-0.25, -0.2) is 22.5 Å². The predicted octanol–water partition coefficient (Wildman–Crippen LogP) is 5.71.